The van der Waals surface area contributed by atoms with Crippen molar-refractivity contribution in [2.24, 2.45) is 0 Å². The summed E-state index contributed by atoms with van der Waals surface area (Å²) in [5.41, 5.74) is 0. The smallest absolute Gasteiger partial charge is 0.234 e. The maximum atomic E-state index is 11.1. The summed E-state index contributed by atoms with van der Waals surface area (Å²) in [6, 6.07) is 1.86. The molecule has 0 fully saturated rings. The van der Waals surface area contributed by atoms with E-state index in [0.717, 1.165) is 25.9 Å². The molecule has 0 bridgehead atoms. The summed E-state index contributed by atoms with van der Waals surface area (Å²) in [4.78, 5) is 15.0. The van der Waals surface area contributed by atoms with Gasteiger partial charge in [-0.3, -0.25) is 4.79 Å². The lowest BCUT2D eigenvalue weighted by atomic mass is 10.3. The second kappa shape index (κ2) is 8.30. The molecule has 0 saturated heterocycles. The van der Waals surface area contributed by atoms with Gasteiger partial charge in [0, 0.05) is 18.9 Å². The van der Waals surface area contributed by atoms with Crippen molar-refractivity contribution in [3.05, 3.63) is 18.7 Å². The van der Waals surface area contributed by atoms with E-state index >= 15 is 0 Å². The molecule has 0 unspecified atom stereocenters. The van der Waals surface area contributed by atoms with Gasteiger partial charge in [-0.1, -0.05) is 0 Å². The molecule has 1 heterocycles. The molecule has 1 aromatic rings. The Balaban J connectivity index is 1.91. The van der Waals surface area contributed by atoms with Crippen LogP contribution >= 0.6 is 0 Å². The summed E-state index contributed by atoms with van der Waals surface area (Å²) in [7, 11) is 0. The number of nitriles is 1. The Morgan fingerprint density at radius 3 is 3.06 bits per heavy atom. The Morgan fingerprint density at radius 1 is 1.47 bits per heavy atom. The van der Waals surface area contributed by atoms with Crippen LogP contribution in [0.5, 0.6) is 0 Å². The SMILES string of the molecule is N#CCNC(=O)CNCCCCn1ccnc1. The van der Waals surface area contributed by atoms with Crippen molar-refractivity contribution >= 4 is 5.91 Å². The van der Waals surface area contributed by atoms with Gasteiger partial charge in [-0.25, -0.2) is 4.98 Å². The lowest BCUT2D eigenvalue weighted by Crippen LogP contribution is -2.34. The van der Waals surface area contributed by atoms with Crippen LogP contribution < -0.4 is 10.6 Å². The molecule has 0 aliphatic rings. The minimum atomic E-state index is -0.138. The van der Waals surface area contributed by atoms with Gasteiger partial charge in [0.05, 0.1) is 18.9 Å². The first-order chi connectivity index (χ1) is 8.33. The number of nitrogens with one attached hydrogen (secondary N) is 2. The number of hydrogen-bond donors (Lipinski definition) is 2. The molecule has 0 aromatic carbocycles. The fourth-order valence-corrected chi connectivity index (χ4v) is 1.37. The van der Waals surface area contributed by atoms with E-state index in [-0.39, 0.29) is 19.0 Å². The Bertz CT molecular complexity index is 354. The maximum absolute atomic E-state index is 11.1. The van der Waals surface area contributed by atoms with Crippen LogP contribution in [0.15, 0.2) is 18.7 Å². The van der Waals surface area contributed by atoms with Crippen LogP contribution in [0, 0.1) is 11.3 Å². The van der Waals surface area contributed by atoms with Crippen molar-refractivity contribution in [2.75, 3.05) is 19.6 Å². The summed E-state index contributed by atoms with van der Waals surface area (Å²) in [5.74, 6) is -0.138. The molecule has 6 nitrogen and oxygen atoms in total. The second-order valence-electron chi connectivity index (χ2n) is 3.62. The van der Waals surface area contributed by atoms with Crippen molar-refractivity contribution in [1.82, 2.24) is 20.2 Å². The fraction of sp³-hybridized carbons (Fsp3) is 0.545. The number of aryl methyl sites for hydroxylation is 1. The summed E-state index contributed by atoms with van der Waals surface area (Å²) >= 11 is 0. The molecule has 1 rings (SSSR count). The zero-order valence-corrected chi connectivity index (χ0v) is 9.72. The topological polar surface area (TPSA) is 82.7 Å². The highest BCUT2D eigenvalue weighted by Crippen LogP contribution is 1.93. The summed E-state index contributed by atoms with van der Waals surface area (Å²) in [6.07, 6.45) is 7.54. The zero-order valence-electron chi connectivity index (χ0n) is 9.72. The van der Waals surface area contributed by atoms with Crippen molar-refractivity contribution in [1.29, 1.82) is 5.26 Å². The molecular weight excluding hydrogens is 218 g/mol. The molecule has 17 heavy (non-hydrogen) atoms. The number of carbonyl (C=O) groups excluding carboxylic acids is 1. The van der Waals surface area contributed by atoms with Gasteiger partial charge < -0.3 is 15.2 Å². The fourth-order valence-electron chi connectivity index (χ4n) is 1.37. The molecule has 2 N–H and O–H groups in total. The van der Waals surface area contributed by atoms with Crippen LogP contribution in [-0.2, 0) is 11.3 Å². The van der Waals surface area contributed by atoms with Crippen LogP contribution in [0.3, 0.4) is 0 Å². The largest absolute Gasteiger partial charge is 0.342 e. The number of hydrogen-bond acceptors (Lipinski definition) is 4. The first-order valence-corrected chi connectivity index (χ1v) is 5.63. The molecule has 0 spiro atoms. The molecule has 92 valence electrons. The van der Waals surface area contributed by atoms with E-state index in [0.29, 0.717) is 0 Å². The number of aromatic nitrogens is 2. The molecule has 6 heteroatoms. The highest BCUT2D eigenvalue weighted by molar-refractivity contribution is 5.78. The Kier molecular flexibility index (Phi) is 6.44. The summed E-state index contributed by atoms with van der Waals surface area (Å²) in [5, 5.41) is 13.8. The minimum Gasteiger partial charge on any atom is -0.342 e. The van der Waals surface area contributed by atoms with Crippen molar-refractivity contribution in [3.63, 3.8) is 0 Å². The third-order valence-corrected chi connectivity index (χ3v) is 2.23. The molecule has 0 saturated carbocycles. The molecule has 1 aromatic heterocycles. The monoisotopic (exact) mass is 235 g/mol. The molecule has 0 radical (unpaired) electrons. The van der Waals surface area contributed by atoms with Crippen LogP contribution in [0.4, 0.5) is 0 Å². The van der Waals surface area contributed by atoms with Crippen LogP contribution in [0.25, 0.3) is 0 Å². The average Bonchev–Trinajstić information content (AvgIpc) is 2.84. The van der Waals surface area contributed by atoms with E-state index in [1.54, 1.807) is 12.5 Å². The van der Waals surface area contributed by atoms with Gasteiger partial charge in [-0.15, -0.1) is 0 Å². The van der Waals surface area contributed by atoms with Gasteiger partial charge in [0.2, 0.25) is 5.91 Å². The predicted octanol–water partition coefficient (Wildman–Crippen LogP) is -0.107. The Labute approximate surface area is 101 Å². The van der Waals surface area contributed by atoms with E-state index < -0.39 is 0 Å². The van der Waals surface area contributed by atoms with Gasteiger partial charge in [0.15, 0.2) is 0 Å². The Hall–Kier alpha value is -1.87. The highest BCUT2D eigenvalue weighted by atomic mass is 16.1. The number of nitrogens with zero attached hydrogens (tertiary/aromatic N) is 3. The van der Waals surface area contributed by atoms with Crippen LogP contribution in [0.2, 0.25) is 0 Å². The van der Waals surface area contributed by atoms with E-state index in [1.807, 2.05) is 16.8 Å². The standard InChI is InChI=1S/C11H17N5O/c12-3-5-15-11(17)9-13-4-1-2-7-16-8-6-14-10-16/h6,8,10,13H,1-2,4-5,7,9H2,(H,15,17). The van der Waals surface area contributed by atoms with Gasteiger partial charge in [0.25, 0.3) is 0 Å². The lowest BCUT2D eigenvalue weighted by Gasteiger charge is -2.04. The number of amides is 1. The van der Waals surface area contributed by atoms with Crippen LogP contribution in [0.1, 0.15) is 12.8 Å². The average molecular weight is 235 g/mol. The predicted molar refractivity (Wildman–Crippen MR) is 63.0 cm³/mol. The van der Waals surface area contributed by atoms with Gasteiger partial charge in [-0.2, -0.15) is 5.26 Å². The number of carbonyl (C=O) groups is 1. The van der Waals surface area contributed by atoms with Gasteiger partial charge >= 0.3 is 0 Å². The van der Waals surface area contributed by atoms with Crippen molar-refractivity contribution in [2.45, 2.75) is 19.4 Å². The molecule has 1 amide bonds. The third-order valence-electron chi connectivity index (χ3n) is 2.23. The Morgan fingerprint density at radius 2 is 2.35 bits per heavy atom. The quantitative estimate of drug-likeness (QED) is 0.486. The minimum absolute atomic E-state index is 0.0706. The van der Waals surface area contributed by atoms with Gasteiger partial charge in [-0.05, 0) is 19.4 Å². The number of unbranched alkanes of at least 4 members (excludes halogenated alkanes) is 1. The van der Waals surface area contributed by atoms with E-state index in [4.69, 9.17) is 5.26 Å². The van der Waals surface area contributed by atoms with E-state index in [9.17, 15) is 4.79 Å². The van der Waals surface area contributed by atoms with Gasteiger partial charge in [0.1, 0.15) is 6.54 Å². The third kappa shape index (κ3) is 6.33. The zero-order chi connectivity index (χ0) is 12.3. The first kappa shape index (κ1) is 13.2. The number of imidazole rings is 1. The number of rotatable bonds is 8. The molecule has 0 aliphatic heterocycles. The molecule has 0 aliphatic carbocycles. The maximum Gasteiger partial charge on any atom is 0.234 e. The second-order valence-corrected chi connectivity index (χ2v) is 3.62. The lowest BCUT2D eigenvalue weighted by molar-refractivity contribution is -0.120. The molecular formula is C11H17N5O. The van der Waals surface area contributed by atoms with Crippen LogP contribution in [-0.4, -0.2) is 35.1 Å². The van der Waals surface area contributed by atoms with E-state index in [1.165, 1.54) is 0 Å². The van der Waals surface area contributed by atoms with Crippen molar-refractivity contribution < 1.29 is 4.79 Å². The molecule has 0 atom stereocenters. The summed E-state index contributed by atoms with van der Waals surface area (Å²) in [6.45, 7) is 2.09. The highest BCUT2D eigenvalue weighted by Gasteiger charge is 1.98. The first-order valence-electron chi connectivity index (χ1n) is 5.63. The normalized spacial score (nSPS) is 9.82. The van der Waals surface area contributed by atoms with Crippen molar-refractivity contribution in [3.8, 4) is 6.07 Å². The summed E-state index contributed by atoms with van der Waals surface area (Å²) < 4.78 is 2.03. The van der Waals surface area contributed by atoms with E-state index in [2.05, 4.69) is 15.6 Å².